The molecule has 26 heavy (non-hydrogen) atoms. The molecule has 0 aliphatic carbocycles. The third-order valence-electron chi connectivity index (χ3n) is 5.41. The summed E-state index contributed by atoms with van der Waals surface area (Å²) in [6.45, 7) is 6.19. The second-order valence-corrected chi connectivity index (χ2v) is 7.65. The SMILES string of the molecule is C=CCCCCC1(C)C(C=Cc2ccccc2)=[N+](C)c2ccc(Cl)cc21. The summed E-state index contributed by atoms with van der Waals surface area (Å²) in [5.41, 5.74) is 5.11. The molecule has 0 spiro atoms. The molecule has 2 aromatic rings. The molecule has 2 heteroatoms. The first-order valence-electron chi connectivity index (χ1n) is 9.31. The van der Waals surface area contributed by atoms with Crippen LogP contribution in [0.1, 0.15) is 43.7 Å². The van der Waals surface area contributed by atoms with Gasteiger partial charge in [0.25, 0.3) is 0 Å². The summed E-state index contributed by atoms with van der Waals surface area (Å²) in [7, 11) is 2.16. The lowest BCUT2D eigenvalue weighted by Gasteiger charge is -2.22. The Labute approximate surface area is 162 Å². The highest BCUT2D eigenvalue weighted by Crippen LogP contribution is 2.44. The minimum atomic E-state index is -0.0264. The zero-order valence-corrected chi connectivity index (χ0v) is 16.5. The summed E-state index contributed by atoms with van der Waals surface area (Å²) in [4.78, 5) is 0. The summed E-state index contributed by atoms with van der Waals surface area (Å²) in [6, 6.07) is 16.7. The number of fused-ring (bicyclic) bond motifs is 1. The third kappa shape index (κ3) is 3.68. The van der Waals surface area contributed by atoms with Crippen LogP contribution in [-0.2, 0) is 5.41 Å². The van der Waals surface area contributed by atoms with Crippen LogP contribution < -0.4 is 0 Å². The second kappa shape index (κ2) is 8.05. The van der Waals surface area contributed by atoms with Gasteiger partial charge in [-0.25, -0.2) is 0 Å². The van der Waals surface area contributed by atoms with E-state index in [0.717, 1.165) is 17.9 Å². The van der Waals surface area contributed by atoms with Crippen molar-refractivity contribution >= 4 is 29.1 Å². The van der Waals surface area contributed by atoms with Crippen LogP contribution in [0.4, 0.5) is 5.69 Å². The Morgan fingerprint density at radius 2 is 1.85 bits per heavy atom. The molecule has 1 nitrogen and oxygen atoms in total. The van der Waals surface area contributed by atoms with E-state index in [-0.39, 0.29) is 5.41 Å². The quantitative estimate of drug-likeness (QED) is 0.289. The fraction of sp³-hybridized carbons (Fsp3) is 0.292. The number of allylic oxidation sites excluding steroid dienone is 2. The largest absolute Gasteiger partial charge is 0.209 e. The maximum atomic E-state index is 6.34. The summed E-state index contributed by atoms with van der Waals surface area (Å²) in [6.07, 6.45) is 11.0. The summed E-state index contributed by atoms with van der Waals surface area (Å²) in [5, 5.41) is 0.808. The lowest BCUT2D eigenvalue weighted by Crippen LogP contribution is -2.30. The van der Waals surface area contributed by atoms with Crippen molar-refractivity contribution in [1.82, 2.24) is 0 Å². The van der Waals surface area contributed by atoms with E-state index in [1.165, 1.54) is 35.4 Å². The molecule has 0 aromatic heterocycles. The van der Waals surface area contributed by atoms with E-state index in [2.05, 4.69) is 73.7 Å². The maximum Gasteiger partial charge on any atom is 0.209 e. The monoisotopic (exact) mass is 364 g/mol. The van der Waals surface area contributed by atoms with Gasteiger partial charge in [0.15, 0.2) is 5.71 Å². The van der Waals surface area contributed by atoms with Gasteiger partial charge in [0.2, 0.25) is 5.69 Å². The fourth-order valence-corrected chi connectivity index (χ4v) is 4.12. The van der Waals surface area contributed by atoms with Crippen LogP contribution in [0.5, 0.6) is 0 Å². The molecule has 1 aliphatic heterocycles. The van der Waals surface area contributed by atoms with Crippen molar-refractivity contribution in [1.29, 1.82) is 0 Å². The van der Waals surface area contributed by atoms with Gasteiger partial charge in [-0.2, -0.15) is 4.58 Å². The minimum Gasteiger partial charge on any atom is -0.198 e. The Kier molecular flexibility index (Phi) is 5.78. The van der Waals surface area contributed by atoms with Gasteiger partial charge in [0, 0.05) is 22.7 Å². The first-order chi connectivity index (χ1) is 12.6. The number of halogens is 1. The van der Waals surface area contributed by atoms with Crippen LogP contribution in [0, 0.1) is 0 Å². The molecule has 0 amide bonds. The summed E-state index contributed by atoms with van der Waals surface area (Å²) >= 11 is 6.34. The Balaban J connectivity index is 1.97. The summed E-state index contributed by atoms with van der Waals surface area (Å²) < 4.78 is 2.32. The second-order valence-electron chi connectivity index (χ2n) is 7.22. The van der Waals surface area contributed by atoms with Crippen molar-refractivity contribution in [3.8, 4) is 0 Å². The number of unbranched alkanes of at least 4 members (excludes halogenated alkanes) is 2. The molecule has 2 aromatic carbocycles. The van der Waals surface area contributed by atoms with Gasteiger partial charge in [0.1, 0.15) is 7.05 Å². The van der Waals surface area contributed by atoms with E-state index >= 15 is 0 Å². The third-order valence-corrected chi connectivity index (χ3v) is 5.64. The van der Waals surface area contributed by atoms with Crippen LogP contribution in [0.3, 0.4) is 0 Å². The van der Waals surface area contributed by atoms with Crippen LogP contribution in [0.15, 0.2) is 67.3 Å². The Morgan fingerprint density at radius 3 is 2.58 bits per heavy atom. The topological polar surface area (TPSA) is 3.01 Å². The van der Waals surface area contributed by atoms with Crippen molar-refractivity contribution in [2.24, 2.45) is 0 Å². The van der Waals surface area contributed by atoms with Crippen molar-refractivity contribution in [3.63, 3.8) is 0 Å². The highest BCUT2D eigenvalue weighted by molar-refractivity contribution is 6.30. The predicted molar refractivity (Wildman–Crippen MR) is 114 cm³/mol. The first-order valence-corrected chi connectivity index (χ1v) is 9.69. The van der Waals surface area contributed by atoms with Crippen LogP contribution in [-0.4, -0.2) is 17.3 Å². The normalized spacial score (nSPS) is 19.2. The molecule has 0 saturated heterocycles. The average Bonchev–Trinajstić information content (AvgIpc) is 2.85. The van der Waals surface area contributed by atoms with E-state index in [1.54, 1.807) is 0 Å². The predicted octanol–water partition coefficient (Wildman–Crippen LogP) is 6.79. The zero-order chi connectivity index (χ0) is 18.6. The van der Waals surface area contributed by atoms with Gasteiger partial charge in [-0.05, 0) is 50.0 Å². The first kappa shape index (κ1) is 18.7. The van der Waals surface area contributed by atoms with Crippen molar-refractivity contribution in [2.45, 2.75) is 38.0 Å². The summed E-state index contributed by atoms with van der Waals surface area (Å²) in [5.74, 6) is 0. The van der Waals surface area contributed by atoms with E-state index in [1.807, 2.05) is 18.2 Å². The number of hydrogen-bond acceptors (Lipinski definition) is 0. The maximum absolute atomic E-state index is 6.34. The molecular formula is C24H27ClN+. The van der Waals surface area contributed by atoms with Crippen molar-refractivity contribution < 1.29 is 4.58 Å². The molecule has 134 valence electrons. The molecule has 0 bridgehead atoms. The van der Waals surface area contributed by atoms with Crippen LogP contribution in [0.2, 0.25) is 5.02 Å². The highest BCUT2D eigenvalue weighted by atomic mass is 35.5. The molecule has 0 saturated carbocycles. The number of nitrogens with zero attached hydrogens (tertiary/aromatic N) is 1. The van der Waals surface area contributed by atoms with E-state index in [4.69, 9.17) is 11.6 Å². The van der Waals surface area contributed by atoms with Gasteiger partial charge in [0.05, 0.1) is 5.41 Å². The molecule has 1 aliphatic rings. The van der Waals surface area contributed by atoms with E-state index in [9.17, 15) is 0 Å². The van der Waals surface area contributed by atoms with Crippen LogP contribution in [0.25, 0.3) is 6.08 Å². The fourth-order valence-electron chi connectivity index (χ4n) is 3.95. The zero-order valence-electron chi connectivity index (χ0n) is 15.7. The molecule has 0 fully saturated rings. The standard InChI is InChI=1S/C24H27ClN/c1-4-5-6-10-17-24(2)21-18-20(25)14-15-22(21)26(3)23(24)16-13-19-11-8-7-9-12-19/h4,7-9,11-16,18H,1,5-6,10,17H2,2-3H3/q+1. The highest BCUT2D eigenvalue weighted by Gasteiger charge is 2.46. The molecular weight excluding hydrogens is 338 g/mol. The molecule has 0 radical (unpaired) electrons. The van der Waals surface area contributed by atoms with Gasteiger partial charge in [-0.15, -0.1) is 6.58 Å². The number of hydrogen-bond donors (Lipinski definition) is 0. The molecule has 1 unspecified atom stereocenters. The minimum absolute atomic E-state index is 0.0264. The Morgan fingerprint density at radius 1 is 1.08 bits per heavy atom. The Bertz CT molecular complexity index is 848. The smallest absolute Gasteiger partial charge is 0.198 e. The lowest BCUT2D eigenvalue weighted by molar-refractivity contribution is -0.401. The molecule has 0 N–H and O–H groups in total. The van der Waals surface area contributed by atoms with Gasteiger partial charge in [-0.3, -0.25) is 0 Å². The van der Waals surface area contributed by atoms with E-state index < -0.39 is 0 Å². The number of benzene rings is 2. The lowest BCUT2D eigenvalue weighted by atomic mass is 9.75. The van der Waals surface area contributed by atoms with Gasteiger partial charge in [-0.1, -0.05) is 54.4 Å². The Hall–Kier alpha value is -2.12. The van der Waals surface area contributed by atoms with Gasteiger partial charge < -0.3 is 0 Å². The van der Waals surface area contributed by atoms with E-state index in [0.29, 0.717) is 0 Å². The van der Waals surface area contributed by atoms with Gasteiger partial charge >= 0.3 is 0 Å². The van der Waals surface area contributed by atoms with Crippen molar-refractivity contribution in [2.75, 3.05) is 7.05 Å². The number of rotatable bonds is 7. The van der Waals surface area contributed by atoms with Crippen LogP contribution >= 0.6 is 11.6 Å². The molecule has 1 heterocycles. The van der Waals surface area contributed by atoms with Crippen molar-refractivity contribution in [3.05, 3.63) is 83.4 Å². The molecule has 3 rings (SSSR count). The average molecular weight is 365 g/mol. The molecule has 1 atom stereocenters.